The Morgan fingerprint density at radius 1 is 1.38 bits per heavy atom. The zero-order valence-corrected chi connectivity index (χ0v) is 8.32. The van der Waals surface area contributed by atoms with Crippen molar-refractivity contribution < 1.29 is 13.9 Å². The van der Waals surface area contributed by atoms with Crippen molar-refractivity contribution in [2.45, 2.75) is 20.8 Å². The van der Waals surface area contributed by atoms with Crippen LogP contribution in [0.2, 0.25) is 0 Å². The van der Waals surface area contributed by atoms with Crippen molar-refractivity contribution in [2.75, 3.05) is 6.79 Å². The van der Waals surface area contributed by atoms with Gasteiger partial charge >= 0.3 is 0 Å². The summed E-state index contributed by atoms with van der Waals surface area (Å²) in [5, 5.41) is 0. The van der Waals surface area contributed by atoms with Crippen molar-refractivity contribution in [3.63, 3.8) is 0 Å². The van der Waals surface area contributed by atoms with Gasteiger partial charge in [0, 0.05) is 5.57 Å². The molecule has 0 aliphatic carbocycles. The molecular weight excluding hydrogens is 171 g/mol. The molecule has 0 aromatic rings. The third-order valence-corrected chi connectivity index (χ3v) is 1.44. The lowest BCUT2D eigenvalue weighted by atomic mass is 10.2. The molecule has 1 aliphatic rings. The van der Waals surface area contributed by atoms with E-state index in [1.807, 2.05) is 13.8 Å². The summed E-state index contributed by atoms with van der Waals surface area (Å²) in [5.41, 5.74) is 0.340. The number of ether oxygens (including phenoxy) is 2. The molecule has 3 heteroatoms. The SMILES string of the molecule is C=C(F)/C(C)=C1/OCOC1=C.CC. The van der Waals surface area contributed by atoms with E-state index in [0.29, 0.717) is 17.1 Å². The van der Waals surface area contributed by atoms with Gasteiger partial charge in [-0.25, -0.2) is 4.39 Å². The Hall–Kier alpha value is -1.25. The zero-order chi connectivity index (χ0) is 10.4. The lowest BCUT2D eigenvalue weighted by Gasteiger charge is -1.99. The molecule has 0 spiro atoms. The van der Waals surface area contributed by atoms with Gasteiger partial charge in [0.05, 0.1) is 0 Å². The fourth-order valence-electron chi connectivity index (χ4n) is 0.746. The molecule has 0 aromatic heterocycles. The Morgan fingerprint density at radius 3 is 2.23 bits per heavy atom. The van der Waals surface area contributed by atoms with Crippen LogP contribution in [0.4, 0.5) is 4.39 Å². The van der Waals surface area contributed by atoms with E-state index in [4.69, 9.17) is 9.47 Å². The molecule has 0 bridgehead atoms. The number of allylic oxidation sites excluding steroid dienone is 2. The minimum atomic E-state index is -0.522. The topological polar surface area (TPSA) is 18.5 Å². The second-order valence-corrected chi connectivity index (χ2v) is 2.19. The van der Waals surface area contributed by atoms with E-state index in [-0.39, 0.29) is 6.79 Å². The van der Waals surface area contributed by atoms with Crippen molar-refractivity contribution in [3.8, 4) is 0 Å². The molecule has 1 heterocycles. The molecule has 0 aromatic carbocycles. The fourth-order valence-corrected chi connectivity index (χ4v) is 0.746. The van der Waals surface area contributed by atoms with Crippen molar-refractivity contribution in [2.24, 2.45) is 0 Å². The van der Waals surface area contributed by atoms with E-state index in [9.17, 15) is 4.39 Å². The average Bonchev–Trinajstić information content (AvgIpc) is 2.53. The van der Waals surface area contributed by atoms with E-state index in [1.165, 1.54) is 0 Å². The van der Waals surface area contributed by atoms with E-state index < -0.39 is 5.83 Å². The summed E-state index contributed by atoms with van der Waals surface area (Å²) in [7, 11) is 0. The van der Waals surface area contributed by atoms with Gasteiger partial charge in [-0.3, -0.25) is 0 Å². The van der Waals surface area contributed by atoms with Crippen LogP contribution in [0.25, 0.3) is 0 Å². The van der Waals surface area contributed by atoms with Crippen molar-refractivity contribution >= 4 is 0 Å². The largest absolute Gasteiger partial charge is 0.454 e. The number of hydrogen-bond donors (Lipinski definition) is 0. The molecular formula is C10H15FO2. The maximum absolute atomic E-state index is 12.5. The van der Waals surface area contributed by atoms with Gasteiger partial charge in [-0.05, 0) is 6.92 Å². The highest BCUT2D eigenvalue weighted by Gasteiger charge is 2.18. The Labute approximate surface area is 78.3 Å². The molecule has 13 heavy (non-hydrogen) atoms. The van der Waals surface area contributed by atoms with E-state index in [0.717, 1.165) is 0 Å². The third-order valence-electron chi connectivity index (χ3n) is 1.44. The summed E-state index contributed by atoms with van der Waals surface area (Å²) < 4.78 is 22.3. The summed E-state index contributed by atoms with van der Waals surface area (Å²) >= 11 is 0. The van der Waals surface area contributed by atoms with Gasteiger partial charge < -0.3 is 9.47 Å². The quantitative estimate of drug-likeness (QED) is 0.625. The maximum Gasteiger partial charge on any atom is 0.231 e. The Morgan fingerprint density at radius 2 is 1.92 bits per heavy atom. The van der Waals surface area contributed by atoms with Crippen LogP contribution in [0, 0.1) is 0 Å². The van der Waals surface area contributed by atoms with Crippen LogP contribution in [-0.2, 0) is 9.47 Å². The van der Waals surface area contributed by atoms with Crippen LogP contribution in [0.1, 0.15) is 20.8 Å². The molecule has 1 aliphatic heterocycles. The summed E-state index contributed by atoms with van der Waals surface area (Å²) in [6.45, 7) is 12.3. The first kappa shape index (κ1) is 11.8. The molecule has 0 saturated carbocycles. The summed E-state index contributed by atoms with van der Waals surface area (Å²) in [4.78, 5) is 0. The standard InChI is InChI=1S/C8H9FO2.C2H6/c1-5(6(2)9)8-7(3)10-4-11-8;1-2/h2-4H2,1H3;1-2H3/b8-5+;. The Balaban J connectivity index is 0.000000671. The van der Waals surface area contributed by atoms with Gasteiger partial charge in [0.25, 0.3) is 0 Å². The van der Waals surface area contributed by atoms with Gasteiger partial charge in [-0.1, -0.05) is 27.0 Å². The van der Waals surface area contributed by atoms with E-state index >= 15 is 0 Å². The molecule has 1 fully saturated rings. The lowest BCUT2D eigenvalue weighted by Crippen LogP contribution is -1.87. The predicted octanol–water partition coefficient (Wildman–Crippen LogP) is 3.29. The minimum Gasteiger partial charge on any atom is -0.454 e. The van der Waals surface area contributed by atoms with Gasteiger partial charge in [0.15, 0.2) is 11.5 Å². The molecule has 2 nitrogen and oxygen atoms in total. The average molecular weight is 186 g/mol. The smallest absolute Gasteiger partial charge is 0.231 e. The monoisotopic (exact) mass is 186 g/mol. The van der Waals surface area contributed by atoms with Gasteiger partial charge in [0.2, 0.25) is 6.79 Å². The third kappa shape index (κ3) is 2.93. The first-order valence-corrected chi connectivity index (χ1v) is 4.13. The number of rotatable bonds is 1. The molecule has 0 atom stereocenters. The maximum atomic E-state index is 12.5. The second kappa shape index (κ2) is 5.41. The van der Waals surface area contributed by atoms with Gasteiger partial charge in [-0.15, -0.1) is 0 Å². The van der Waals surface area contributed by atoms with Gasteiger partial charge in [0.1, 0.15) is 5.83 Å². The number of halogens is 1. The normalized spacial score (nSPS) is 18.0. The Kier molecular flexibility index (Phi) is 4.89. The van der Waals surface area contributed by atoms with Crippen LogP contribution in [-0.4, -0.2) is 6.79 Å². The van der Waals surface area contributed by atoms with E-state index in [1.54, 1.807) is 6.92 Å². The molecule has 0 amide bonds. The van der Waals surface area contributed by atoms with Crippen molar-refractivity contribution in [1.82, 2.24) is 0 Å². The molecule has 0 unspecified atom stereocenters. The minimum absolute atomic E-state index is 0.110. The van der Waals surface area contributed by atoms with E-state index in [2.05, 4.69) is 13.2 Å². The lowest BCUT2D eigenvalue weighted by molar-refractivity contribution is 0.0973. The molecule has 0 N–H and O–H groups in total. The van der Waals surface area contributed by atoms with Crippen LogP contribution >= 0.6 is 0 Å². The molecule has 74 valence electrons. The molecule has 1 saturated heterocycles. The summed E-state index contributed by atoms with van der Waals surface area (Å²) in [6.07, 6.45) is 0. The van der Waals surface area contributed by atoms with Gasteiger partial charge in [-0.2, -0.15) is 0 Å². The van der Waals surface area contributed by atoms with Crippen LogP contribution in [0.3, 0.4) is 0 Å². The first-order chi connectivity index (χ1) is 6.13. The fraction of sp³-hybridized carbons (Fsp3) is 0.400. The highest BCUT2D eigenvalue weighted by molar-refractivity contribution is 5.33. The number of hydrogen-bond acceptors (Lipinski definition) is 2. The van der Waals surface area contributed by atoms with Crippen molar-refractivity contribution in [1.29, 1.82) is 0 Å². The second-order valence-electron chi connectivity index (χ2n) is 2.19. The van der Waals surface area contributed by atoms with Crippen LogP contribution < -0.4 is 0 Å². The highest BCUT2D eigenvalue weighted by Crippen LogP contribution is 2.25. The van der Waals surface area contributed by atoms with Crippen LogP contribution in [0.5, 0.6) is 0 Å². The predicted molar refractivity (Wildman–Crippen MR) is 50.5 cm³/mol. The zero-order valence-electron chi connectivity index (χ0n) is 8.32. The highest BCUT2D eigenvalue weighted by atomic mass is 19.1. The molecule has 0 radical (unpaired) electrons. The first-order valence-electron chi connectivity index (χ1n) is 4.13. The Bertz CT molecular complexity index is 241. The summed E-state index contributed by atoms with van der Waals surface area (Å²) in [5.74, 6) is 0.199. The molecule has 1 rings (SSSR count). The summed E-state index contributed by atoms with van der Waals surface area (Å²) in [6, 6.07) is 0. The van der Waals surface area contributed by atoms with Crippen molar-refractivity contribution in [3.05, 3.63) is 36.1 Å². The van der Waals surface area contributed by atoms with Crippen LogP contribution in [0.15, 0.2) is 36.1 Å².